The number of rotatable bonds is 3. The first-order chi connectivity index (χ1) is 12.1. The summed E-state index contributed by atoms with van der Waals surface area (Å²) >= 11 is 0. The molecule has 4 rings (SSSR count). The molecule has 0 bridgehead atoms. The van der Waals surface area contributed by atoms with Crippen LogP contribution in [0.15, 0.2) is 48.5 Å². The second-order valence-corrected chi connectivity index (χ2v) is 6.66. The molecule has 2 aliphatic rings. The maximum atomic E-state index is 13.0. The lowest BCUT2D eigenvalue weighted by Gasteiger charge is -2.28. The van der Waals surface area contributed by atoms with E-state index < -0.39 is 11.9 Å². The predicted octanol–water partition coefficient (Wildman–Crippen LogP) is 3.29. The van der Waals surface area contributed by atoms with Crippen molar-refractivity contribution in [3.05, 3.63) is 59.7 Å². The molecule has 1 saturated carbocycles. The van der Waals surface area contributed by atoms with Crippen LogP contribution >= 0.6 is 0 Å². The van der Waals surface area contributed by atoms with Crippen molar-refractivity contribution in [3.63, 3.8) is 0 Å². The molecule has 1 aliphatic heterocycles. The lowest BCUT2D eigenvalue weighted by atomic mass is 9.87. The number of amides is 1. The van der Waals surface area contributed by atoms with Crippen molar-refractivity contribution >= 4 is 11.9 Å². The molecule has 2 atom stereocenters. The van der Waals surface area contributed by atoms with Crippen LogP contribution in [0.25, 0.3) is 0 Å². The summed E-state index contributed by atoms with van der Waals surface area (Å²) in [5, 5.41) is 12.2. The van der Waals surface area contributed by atoms with Gasteiger partial charge in [-0.05, 0) is 31.4 Å². The first-order valence-corrected chi connectivity index (χ1v) is 8.52. The van der Waals surface area contributed by atoms with E-state index in [0.717, 1.165) is 11.1 Å². The van der Waals surface area contributed by atoms with Gasteiger partial charge in [0.1, 0.15) is 11.5 Å². The number of carbonyl (C=O) groups excluding carboxylic acids is 1. The van der Waals surface area contributed by atoms with Crippen LogP contribution < -0.4 is 10.1 Å². The van der Waals surface area contributed by atoms with Gasteiger partial charge in [-0.1, -0.05) is 36.4 Å². The molecule has 0 radical (unpaired) electrons. The van der Waals surface area contributed by atoms with Crippen molar-refractivity contribution in [1.29, 1.82) is 0 Å². The standard InChI is InChI=1S/C20H19NO4/c22-19(21-13-10-9-12(11-13)20(23)24)18-14-5-1-3-7-16(14)25-17-8-4-2-6-15(17)18/h1-8,12-13,18H,9-11H2,(H,21,22)(H,23,24)/t12-,13+/m1/s1. The fourth-order valence-corrected chi connectivity index (χ4v) is 3.81. The molecule has 0 aromatic heterocycles. The normalized spacial score (nSPS) is 21.8. The Bertz CT molecular complexity index is 786. The topological polar surface area (TPSA) is 75.6 Å². The van der Waals surface area contributed by atoms with Gasteiger partial charge in [0.25, 0.3) is 0 Å². The Labute approximate surface area is 145 Å². The van der Waals surface area contributed by atoms with Gasteiger partial charge in [0.05, 0.1) is 11.8 Å². The average molecular weight is 337 g/mol. The highest BCUT2D eigenvalue weighted by molar-refractivity contribution is 5.90. The number of carboxylic acids is 1. The SMILES string of the molecule is O=C(N[C@H]1CC[C@@H](C(=O)O)C1)C1c2ccccc2Oc2ccccc21. The first-order valence-electron chi connectivity index (χ1n) is 8.52. The molecule has 1 aliphatic carbocycles. The van der Waals surface area contributed by atoms with Crippen LogP contribution in [0.2, 0.25) is 0 Å². The summed E-state index contributed by atoms with van der Waals surface area (Å²) in [5.41, 5.74) is 1.68. The summed E-state index contributed by atoms with van der Waals surface area (Å²) in [4.78, 5) is 24.2. The van der Waals surface area contributed by atoms with Crippen LogP contribution in [0.1, 0.15) is 36.3 Å². The number of aliphatic carboxylic acids is 1. The van der Waals surface area contributed by atoms with Crippen molar-refractivity contribution in [2.75, 3.05) is 0 Å². The number of benzene rings is 2. The Hall–Kier alpha value is -2.82. The zero-order valence-corrected chi connectivity index (χ0v) is 13.6. The molecule has 2 aromatic carbocycles. The zero-order valence-electron chi connectivity index (χ0n) is 13.6. The van der Waals surface area contributed by atoms with E-state index in [1.54, 1.807) is 0 Å². The Morgan fingerprint density at radius 1 is 0.960 bits per heavy atom. The van der Waals surface area contributed by atoms with Gasteiger partial charge < -0.3 is 15.2 Å². The molecular formula is C20H19NO4. The third-order valence-corrected chi connectivity index (χ3v) is 5.07. The summed E-state index contributed by atoms with van der Waals surface area (Å²) in [6.07, 6.45) is 1.81. The Kier molecular flexibility index (Phi) is 3.92. The third-order valence-electron chi connectivity index (χ3n) is 5.07. The predicted molar refractivity (Wildman–Crippen MR) is 91.7 cm³/mol. The number of nitrogens with one attached hydrogen (secondary N) is 1. The van der Waals surface area contributed by atoms with Gasteiger partial charge in [-0.25, -0.2) is 0 Å². The average Bonchev–Trinajstić information content (AvgIpc) is 3.08. The van der Waals surface area contributed by atoms with Crippen molar-refractivity contribution in [2.24, 2.45) is 5.92 Å². The van der Waals surface area contributed by atoms with E-state index in [2.05, 4.69) is 5.32 Å². The van der Waals surface area contributed by atoms with Crippen molar-refractivity contribution in [1.82, 2.24) is 5.32 Å². The quantitative estimate of drug-likeness (QED) is 0.901. The summed E-state index contributed by atoms with van der Waals surface area (Å²) < 4.78 is 5.92. The maximum Gasteiger partial charge on any atom is 0.306 e. The molecule has 1 fully saturated rings. The highest BCUT2D eigenvalue weighted by Gasteiger charge is 2.36. The van der Waals surface area contributed by atoms with E-state index in [1.165, 1.54) is 0 Å². The van der Waals surface area contributed by atoms with E-state index in [9.17, 15) is 9.59 Å². The summed E-state index contributed by atoms with van der Waals surface area (Å²) in [7, 11) is 0. The number of fused-ring (bicyclic) bond motifs is 2. The Morgan fingerprint density at radius 3 is 2.12 bits per heavy atom. The fourth-order valence-electron chi connectivity index (χ4n) is 3.81. The van der Waals surface area contributed by atoms with Gasteiger partial charge in [0.2, 0.25) is 5.91 Å². The number of carbonyl (C=O) groups is 2. The molecule has 128 valence electrons. The van der Waals surface area contributed by atoms with Crippen molar-refractivity contribution < 1.29 is 19.4 Å². The second kappa shape index (κ2) is 6.24. The fraction of sp³-hybridized carbons (Fsp3) is 0.300. The monoisotopic (exact) mass is 337 g/mol. The number of hydrogen-bond acceptors (Lipinski definition) is 3. The zero-order chi connectivity index (χ0) is 17.4. The van der Waals surface area contributed by atoms with Gasteiger partial charge in [-0.3, -0.25) is 9.59 Å². The highest BCUT2D eigenvalue weighted by Crippen LogP contribution is 2.44. The summed E-state index contributed by atoms with van der Waals surface area (Å²) in [6.45, 7) is 0. The molecular weight excluding hydrogens is 318 g/mol. The number of para-hydroxylation sites is 2. The molecule has 2 aromatic rings. The minimum Gasteiger partial charge on any atom is -0.481 e. The van der Waals surface area contributed by atoms with Gasteiger partial charge in [-0.15, -0.1) is 0 Å². The molecule has 25 heavy (non-hydrogen) atoms. The van der Waals surface area contributed by atoms with E-state index in [1.807, 2.05) is 48.5 Å². The van der Waals surface area contributed by atoms with Gasteiger partial charge in [0, 0.05) is 17.2 Å². The molecule has 5 nitrogen and oxygen atoms in total. The van der Waals surface area contributed by atoms with Crippen LogP contribution in [0.5, 0.6) is 11.5 Å². The molecule has 5 heteroatoms. The first kappa shape index (κ1) is 15.7. The van der Waals surface area contributed by atoms with Crippen LogP contribution in [0.3, 0.4) is 0 Å². The van der Waals surface area contributed by atoms with Gasteiger partial charge in [-0.2, -0.15) is 0 Å². The number of hydrogen-bond donors (Lipinski definition) is 2. The maximum absolute atomic E-state index is 13.0. The lowest BCUT2D eigenvalue weighted by Crippen LogP contribution is -2.38. The van der Waals surface area contributed by atoms with Gasteiger partial charge >= 0.3 is 5.97 Å². The molecule has 0 unspecified atom stereocenters. The largest absolute Gasteiger partial charge is 0.481 e. The van der Waals surface area contributed by atoms with Crippen LogP contribution in [-0.4, -0.2) is 23.0 Å². The molecule has 0 saturated heterocycles. The minimum absolute atomic E-state index is 0.0873. The molecule has 0 spiro atoms. The summed E-state index contributed by atoms with van der Waals surface area (Å²) in [6, 6.07) is 15.0. The van der Waals surface area contributed by atoms with E-state index >= 15 is 0 Å². The number of ether oxygens (including phenoxy) is 1. The smallest absolute Gasteiger partial charge is 0.306 e. The van der Waals surface area contributed by atoms with Crippen molar-refractivity contribution in [2.45, 2.75) is 31.2 Å². The molecule has 1 amide bonds. The van der Waals surface area contributed by atoms with E-state index in [-0.39, 0.29) is 17.9 Å². The van der Waals surface area contributed by atoms with E-state index in [0.29, 0.717) is 30.8 Å². The lowest BCUT2D eigenvalue weighted by molar-refractivity contribution is -0.141. The molecule has 2 N–H and O–H groups in total. The number of carboxylic acid groups (broad SMARTS) is 1. The van der Waals surface area contributed by atoms with Gasteiger partial charge in [0.15, 0.2) is 0 Å². The van der Waals surface area contributed by atoms with E-state index in [4.69, 9.17) is 9.84 Å². The van der Waals surface area contributed by atoms with Crippen LogP contribution in [-0.2, 0) is 9.59 Å². The molecule has 1 heterocycles. The Balaban J connectivity index is 1.61. The van der Waals surface area contributed by atoms with Crippen LogP contribution in [0.4, 0.5) is 0 Å². The highest BCUT2D eigenvalue weighted by atomic mass is 16.5. The Morgan fingerprint density at radius 2 is 1.56 bits per heavy atom. The summed E-state index contributed by atoms with van der Waals surface area (Å²) in [5.74, 6) is -0.297. The minimum atomic E-state index is -0.779. The third kappa shape index (κ3) is 2.86. The van der Waals surface area contributed by atoms with Crippen molar-refractivity contribution in [3.8, 4) is 11.5 Å². The second-order valence-electron chi connectivity index (χ2n) is 6.66. The van der Waals surface area contributed by atoms with Crippen LogP contribution in [0, 0.1) is 5.92 Å².